The highest BCUT2D eigenvalue weighted by Crippen LogP contribution is 2.25. The van der Waals surface area contributed by atoms with Gasteiger partial charge in [-0.25, -0.2) is 4.39 Å². The molecule has 3 rings (SSSR count). The van der Waals surface area contributed by atoms with Crippen LogP contribution in [0.4, 0.5) is 10.1 Å². The second-order valence-corrected chi connectivity index (χ2v) is 7.02. The van der Waals surface area contributed by atoms with Crippen LogP contribution in [0.3, 0.4) is 0 Å². The molecule has 1 amide bonds. The fourth-order valence-electron chi connectivity index (χ4n) is 2.40. The van der Waals surface area contributed by atoms with Crippen LogP contribution < -0.4 is 5.32 Å². The highest BCUT2D eigenvalue weighted by molar-refractivity contribution is 7.99. The zero-order valence-electron chi connectivity index (χ0n) is 14.2. The second-order valence-electron chi connectivity index (χ2n) is 5.64. The van der Waals surface area contributed by atoms with Gasteiger partial charge in [-0.1, -0.05) is 35.5 Å². The average Bonchev–Trinajstić information content (AvgIpc) is 2.97. The van der Waals surface area contributed by atoms with Crippen molar-refractivity contribution >= 4 is 35.0 Å². The van der Waals surface area contributed by atoms with Crippen molar-refractivity contribution in [2.75, 3.05) is 11.1 Å². The standard InChI is InChI=1S/C18H16ClFN4OS/c1-11-9-12(19)7-8-15(11)21-16(25)10-26-18-23-22-17(24(18)2)13-5-3-4-6-14(13)20/h3-9H,10H2,1-2H3,(H,21,25). The molecule has 0 saturated carbocycles. The maximum atomic E-state index is 13.9. The first kappa shape index (κ1) is 18.4. The predicted octanol–water partition coefficient (Wildman–Crippen LogP) is 4.31. The molecule has 0 unspecified atom stereocenters. The van der Waals surface area contributed by atoms with E-state index in [0.29, 0.717) is 27.3 Å². The van der Waals surface area contributed by atoms with Gasteiger partial charge in [0.15, 0.2) is 11.0 Å². The summed E-state index contributed by atoms with van der Waals surface area (Å²) < 4.78 is 15.6. The van der Waals surface area contributed by atoms with Gasteiger partial charge in [0.2, 0.25) is 5.91 Å². The number of carbonyl (C=O) groups is 1. The van der Waals surface area contributed by atoms with Crippen LogP contribution in [0.1, 0.15) is 5.56 Å². The van der Waals surface area contributed by atoms with Gasteiger partial charge in [-0.15, -0.1) is 10.2 Å². The maximum absolute atomic E-state index is 13.9. The SMILES string of the molecule is Cc1cc(Cl)ccc1NC(=O)CSc1nnc(-c2ccccc2F)n1C. The van der Waals surface area contributed by atoms with Gasteiger partial charge >= 0.3 is 0 Å². The molecule has 0 atom stereocenters. The Morgan fingerprint density at radius 1 is 1.27 bits per heavy atom. The number of hydrogen-bond donors (Lipinski definition) is 1. The average molecular weight is 391 g/mol. The first-order valence-electron chi connectivity index (χ1n) is 7.79. The van der Waals surface area contributed by atoms with Gasteiger partial charge < -0.3 is 9.88 Å². The largest absolute Gasteiger partial charge is 0.325 e. The van der Waals surface area contributed by atoms with E-state index >= 15 is 0 Å². The summed E-state index contributed by atoms with van der Waals surface area (Å²) in [5.41, 5.74) is 1.97. The topological polar surface area (TPSA) is 59.8 Å². The van der Waals surface area contributed by atoms with E-state index in [-0.39, 0.29) is 17.5 Å². The third-order valence-electron chi connectivity index (χ3n) is 3.74. The normalized spacial score (nSPS) is 10.8. The van der Waals surface area contributed by atoms with Crippen molar-refractivity contribution in [3.8, 4) is 11.4 Å². The summed E-state index contributed by atoms with van der Waals surface area (Å²) in [6.45, 7) is 1.87. The summed E-state index contributed by atoms with van der Waals surface area (Å²) in [5, 5.41) is 12.1. The Labute approximate surface area is 159 Å². The number of carbonyl (C=O) groups excluding carboxylic acids is 1. The zero-order valence-corrected chi connectivity index (χ0v) is 15.7. The molecule has 8 heteroatoms. The molecule has 2 aromatic carbocycles. The van der Waals surface area contributed by atoms with Gasteiger partial charge in [-0.2, -0.15) is 0 Å². The van der Waals surface area contributed by atoms with Crippen molar-refractivity contribution < 1.29 is 9.18 Å². The Bertz CT molecular complexity index is 960. The Kier molecular flexibility index (Phi) is 5.58. The molecule has 0 aliphatic rings. The first-order valence-corrected chi connectivity index (χ1v) is 9.15. The van der Waals surface area contributed by atoms with E-state index in [2.05, 4.69) is 15.5 Å². The molecule has 134 valence electrons. The molecule has 1 aromatic heterocycles. The Morgan fingerprint density at radius 2 is 2.04 bits per heavy atom. The van der Waals surface area contributed by atoms with Crippen LogP contribution in [0.15, 0.2) is 47.6 Å². The quantitative estimate of drug-likeness (QED) is 0.659. The smallest absolute Gasteiger partial charge is 0.234 e. The number of aromatic nitrogens is 3. The molecular formula is C18H16ClFN4OS. The summed E-state index contributed by atoms with van der Waals surface area (Å²) in [6, 6.07) is 11.6. The van der Waals surface area contributed by atoms with Crippen LogP contribution in [0.2, 0.25) is 5.02 Å². The van der Waals surface area contributed by atoms with E-state index in [1.807, 2.05) is 6.92 Å². The molecule has 0 bridgehead atoms. The number of benzene rings is 2. The monoisotopic (exact) mass is 390 g/mol. The van der Waals surface area contributed by atoms with Crippen molar-refractivity contribution in [3.63, 3.8) is 0 Å². The lowest BCUT2D eigenvalue weighted by atomic mass is 10.2. The fraction of sp³-hybridized carbons (Fsp3) is 0.167. The molecular weight excluding hydrogens is 375 g/mol. The van der Waals surface area contributed by atoms with Crippen LogP contribution in [0, 0.1) is 12.7 Å². The highest BCUT2D eigenvalue weighted by atomic mass is 35.5. The van der Waals surface area contributed by atoms with Crippen LogP contribution in [0.5, 0.6) is 0 Å². The third kappa shape index (κ3) is 4.05. The van der Waals surface area contributed by atoms with Crippen LogP contribution in [-0.2, 0) is 11.8 Å². The van der Waals surface area contributed by atoms with Crippen molar-refractivity contribution in [1.82, 2.24) is 14.8 Å². The molecule has 26 heavy (non-hydrogen) atoms. The molecule has 0 saturated heterocycles. The molecule has 0 aliphatic heterocycles. The van der Waals surface area contributed by atoms with Crippen molar-refractivity contribution in [2.45, 2.75) is 12.1 Å². The van der Waals surface area contributed by atoms with E-state index in [1.54, 1.807) is 48.0 Å². The number of aryl methyl sites for hydroxylation is 1. The van der Waals surface area contributed by atoms with E-state index in [0.717, 1.165) is 5.56 Å². The Hall–Kier alpha value is -2.38. The minimum absolute atomic E-state index is 0.158. The molecule has 1 N–H and O–H groups in total. The van der Waals surface area contributed by atoms with E-state index in [9.17, 15) is 9.18 Å². The summed E-state index contributed by atoms with van der Waals surface area (Å²) in [5.74, 6) is 0.0385. The van der Waals surface area contributed by atoms with Gasteiger partial charge in [-0.05, 0) is 42.8 Å². The summed E-state index contributed by atoms with van der Waals surface area (Å²) in [4.78, 5) is 12.2. The number of nitrogens with zero attached hydrogens (tertiary/aromatic N) is 3. The molecule has 0 spiro atoms. The summed E-state index contributed by atoms with van der Waals surface area (Å²) >= 11 is 7.15. The number of anilines is 1. The highest BCUT2D eigenvalue weighted by Gasteiger charge is 2.15. The number of rotatable bonds is 5. The van der Waals surface area contributed by atoms with Crippen LogP contribution >= 0.6 is 23.4 Å². The molecule has 5 nitrogen and oxygen atoms in total. The molecule has 1 heterocycles. The Balaban J connectivity index is 1.67. The maximum Gasteiger partial charge on any atom is 0.234 e. The number of thioether (sulfide) groups is 1. The molecule has 0 radical (unpaired) electrons. The van der Waals surface area contributed by atoms with E-state index in [1.165, 1.54) is 17.8 Å². The molecule has 3 aromatic rings. The lowest BCUT2D eigenvalue weighted by Crippen LogP contribution is -2.15. The van der Waals surface area contributed by atoms with Gasteiger partial charge in [0, 0.05) is 17.8 Å². The number of halogens is 2. The fourth-order valence-corrected chi connectivity index (χ4v) is 3.34. The van der Waals surface area contributed by atoms with Gasteiger partial charge in [0.05, 0.1) is 11.3 Å². The van der Waals surface area contributed by atoms with Gasteiger partial charge in [0.1, 0.15) is 5.82 Å². The molecule has 0 fully saturated rings. The Morgan fingerprint density at radius 3 is 2.77 bits per heavy atom. The molecule has 0 aliphatic carbocycles. The predicted molar refractivity (Wildman–Crippen MR) is 102 cm³/mol. The second kappa shape index (κ2) is 7.88. The van der Waals surface area contributed by atoms with Gasteiger partial charge in [-0.3, -0.25) is 4.79 Å². The van der Waals surface area contributed by atoms with Crippen molar-refractivity contribution in [3.05, 3.63) is 58.9 Å². The number of nitrogens with one attached hydrogen (secondary N) is 1. The minimum atomic E-state index is -0.365. The summed E-state index contributed by atoms with van der Waals surface area (Å²) in [6.07, 6.45) is 0. The zero-order chi connectivity index (χ0) is 18.7. The van der Waals surface area contributed by atoms with Crippen molar-refractivity contribution in [1.29, 1.82) is 0 Å². The minimum Gasteiger partial charge on any atom is -0.325 e. The number of hydrogen-bond acceptors (Lipinski definition) is 4. The number of amides is 1. The lowest BCUT2D eigenvalue weighted by Gasteiger charge is -2.08. The van der Waals surface area contributed by atoms with Crippen LogP contribution in [-0.4, -0.2) is 26.4 Å². The third-order valence-corrected chi connectivity index (χ3v) is 5.00. The van der Waals surface area contributed by atoms with Crippen LogP contribution in [0.25, 0.3) is 11.4 Å². The summed E-state index contributed by atoms with van der Waals surface area (Å²) in [7, 11) is 1.74. The van der Waals surface area contributed by atoms with Gasteiger partial charge in [0.25, 0.3) is 0 Å². The van der Waals surface area contributed by atoms with E-state index < -0.39 is 0 Å². The van der Waals surface area contributed by atoms with E-state index in [4.69, 9.17) is 11.6 Å². The lowest BCUT2D eigenvalue weighted by molar-refractivity contribution is -0.113. The first-order chi connectivity index (χ1) is 12.5. The van der Waals surface area contributed by atoms with Crippen molar-refractivity contribution in [2.24, 2.45) is 7.05 Å².